The van der Waals surface area contributed by atoms with Gasteiger partial charge in [0.2, 0.25) is 0 Å². The number of nitrogens with zero attached hydrogens (tertiary/aromatic N) is 2. The van der Waals surface area contributed by atoms with Crippen molar-refractivity contribution >= 4 is 5.97 Å². The minimum absolute atomic E-state index is 0.173. The van der Waals surface area contributed by atoms with Crippen molar-refractivity contribution in [2.75, 3.05) is 7.11 Å². The fourth-order valence-corrected chi connectivity index (χ4v) is 2.18. The first kappa shape index (κ1) is 14.1. The summed E-state index contributed by atoms with van der Waals surface area (Å²) in [7, 11) is 3.30. The standard InChI is InChI=1S/C15H18N2O3/c1-9(2)10-5-6-13(20-4)11(7-10)14-12(15(18)19)8-16-17(14)3/h5-9H,1-4H3,(H,18,19). The highest BCUT2D eigenvalue weighted by molar-refractivity contribution is 5.95. The number of carboxylic acids is 1. The number of ether oxygens (including phenoxy) is 1. The Bertz CT molecular complexity index is 645. The van der Waals surface area contributed by atoms with Crippen molar-refractivity contribution in [3.05, 3.63) is 35.5 Å². The van der Waals surface area contributed by atoms with Gasteiger partial charge in [-0.25, -0.2) is 4.79 Å². The molecule has 0 fully saturated rings. The van der Waals surface area contributed by atoms with Crippen molar-refractivity contribution in [2.24, 2.45) is 7.05 Å². The van der Waals surface area contributed by atoms with Crippen molar-refractivity contribution in [3.8, 4) is 17.0 Å². The van der Waals surface area contributed by atoms with Gasteiger partial charge in [0, 0.05) is 12.6 Å². The molecule has 0 aliphatic heterocycles. The molecule has 20 heavy (non-hydrogen) atoms. The smallest absolute Gasteiger partial charge is 0.339 e. The molecule has 1 N–H and O–H groups in total. The van der Waals surface area contributed by atoms with Gasteiger partial charge in [-0.1, -0.05) is 19.9 Å². The van der Waals surface area contributed by atoms with Gasteiger partial charge >= 0.3 is 5.97 Å². The van der Waals surface area contributed by atoms with Gasteiger partial charge in [-0.2, -0.15) is 5.10 Å². The number of benzene rings is 1. The average molecular weight is 274 g/mol. The molecule has 0 atom stereocenters. The normalized spacial score (nSPS) is 10.8. The highest BCUT2D eigenvalue weighted by Crippen LogP contribution is 2.34. The fraction of sp³-hybridized carbons (Fsp3) is 0.333. The number of aryl methyl sites for hydroxylation is 1. The molecule has 0 saturated carbocycles. The van der Waals surface area contributed by atoms with Crippen molar-refractivity contribution < 1.29 is 14.6 Å². The van der Waals surface area contributed by atoms with E-state index in [0.717, 1.165) is 11.1 Å². The molecule has 106 valence electrons. The summed E-state index contributed by atoms with van der Waals surface area (Å²) in [6.07, 6.45) is 1.36. The van der Waals surface area contributed by atoms with Crippen LogP contribution in [-0.2, 0) is 7.05 Å². The van der Waals surface area contributed by atoms with Crippen molar-refractivity contribution in [2.45, 2.75) is 19.8 Å². The summed E-state index contributed by atoms with van der Waals surface area (Å²) >= 11 is 0. The maximum absolute atomic E-state index is 11.3. The number of methoxy groups -OCH3 is 1. The third-order valence-electron chi connectivity index (χ3n) is 3.31. The maximum Gasteiger partial charge on any atom is 0.339 e. The van der Waals surface area contributed by atoms with E-state index >= 15 is 0 Å². The number of hydrogen-bond donors (Lipinski definition) is 1. The van der Waals surface area contributed by atoms with Crippen LogP contribution >= 0.6 is 0 Å². The zero-order valence-corrected chi connectivity index (χ0v) is 12.0. The van der Waals surface area contributed by atoms with Crippen LogP contribution in [-0.4, -0.2) is 28.0 Å². The first-order chi connectivity index (χ1) is 9.45. The van der Waals surface area contributed by atoms with E-state index in [0.29, 0.717) is 17.4 Å². The molecule has 0 spiro atoms. The Morgan fingerprint density at radius 2 is 2.10 bits per heavy atom. The first-order valence-corrected chi connectivity index (χ1v) is 6.39. The van der Waals surface area contributed by atoms with Crippen LogP contribution in [0.25, 0.3) is 11.3 Å². The minimum atomic E-state index is -0.995. The van der Waals surface area contributed by atoms with Crippen molar-refractivity contribution in [1.29, 1.82) is 0 Å². The summed E-state index contributed by atoms with van der Waals surface area (Å²) in [5.74, 6) is -0.00763. The largest absolute Gasteiger partial charge is 0.496 e. The lowest BCUT2D eigenvalue weighted by molar-refractivity contribution is 0.0697. The fourth-order valence-electron chi connectivity index (χ4n) is 2.18. The molecule has 5 nitrogen and oxygen atoms in total. The van der Waals surface area contributed by atoms with E-state index < -0.39 is 5.97 Å². The number of rotatable bonds is 4. The summed E-state index contributed by atoms with van der Waals surface area (Å²) in [6, 6.07) is 5.82. The van der Waals surface area contributed by atoms with Crippen LogP contribution in [0, 0.1) is 0 Å². The minimum Gasteiger partial charge on any atom is -0.496 e. The molecule has 0 aliphatic rings. The molecular formula is C15H18N2O3. The predicted molar refractivity (Wildman–Crippen MR) is 76.2 cm³/mol. The molecule has 0 bridgehead atoms. The van der Waals surface area contributed by atoms with Gasteiger partial charge in [0.15, 0.2) is 0 Å². The molecular weight excluding hydrogens is 256 g/mol. The lowest BCUT2D eigenvalue weighted by Crippen LogP contribution is -2.03. The molecule has 1 heterocycles. The van der Waals surface area contributed by atoms with Crippen LogP contribution in [0.1, 0.15) is 35.7 Å². The van der Waals surface area contributed by atoms with Gasteiger partial charge in [0.05, 0.1) is 19.0 Å². The Morgan fingerprint density at radius 3 is 2.65 bits per heavy atom. The van der Waals surface area contributed by atoms with Crippen LogP contribution in [0.2, 0.25) is 0 Å². The number of carbonyl (C=O) groups is 1. The van der Waals surface area contributed by atoms with E-state index in [2.05, 4.69) is 18.9 Å². The summed E-state index contributed by atoms with van der Waals surface area (Å²) in [4.78, 5) is 11.3. The number of carboxylic acid groups (broad SMARTS) is 1. The SMILES string of the molecule is COc1ccc(C(C)C)cc1-c1c(C(=O)O)cnn1C. The third kappa shape index (κ3) is 2.39. The van der Waals surface area contributed by atoms with Crippen LogP contribution < -0.4 is 4.74 Å². The molecule has 1 aromatic carbocycles. The van der Waals surface area contributed by atoms with Crippen LogP contribution in [0.5, 0.6) is 5.75 Å². The highest BCUT2D eigenvalue weighted by Gasteiger charge is 2.20. The second-order valence-electron chi connectivity index (χ2n) is 4.95. The first-order valence-electron chi connectivity index (χ1n) is 6.39. The molecule has 0 aliphatic carbocycles. The molecule has 2 rings (SSSR count). The second kappa shape index (κ2) is 5.36. The quantitative estimate of drug-likeness (QED) is 0.931. The van der Waals surface area contributed by atoms with E-state index in [-0.39, 0.29) is 5.56 Å². The Balaban J connectivity index is 2.70. The van der Waals surface area contributed by atoms with Gasteiger partial charge in [0.25, 0.3) is 0 Å². The summed E-state index contributed by atoms with van der Waals surface area (Å²) < 4.78 is 6.92. The molecule has 0 saturated heterocycles. The molecule has 5 heteroatoms. The molecule has 0 unspecified atom stereocenters. The van der Waals surface area contributed by atoms with Crippen molar-refractivity contribution in [3.63, 3.8) is 0 Å². The lowest BCUT2D eigenvalue weighted by Gasteiger charge is -2.13. The summed E-state index contributed by atoms with van der Waals surface area (Å²) in [5, 5.41) is 13.3. The van der Waals surface area contributed by atoms with Crippen LogP contribution in [0.3, 0.4) is 0 Å². The average Bonchev–Trinajstić information content (AvgIpc) is 2.79. The van der Waals surface area contributed by atoms with Crippen LogP contribution in [0.4, 0.5) is 0 Å². The molecule has 0 radical (unpaired) electrons. The molecule has 2 aromatic rings. The van der Waals surface area contributed by atoms with Gasteiger partial charge in [-0.05, 0) is 23.6 Å². The Labute approximate surface area is 117 Å². The number of hydrogen-bond acceptors (Lipinski definition) is 3. The van der Waals surface area contributed by atoms with E-state index in [9.17, 15) is 9.90 Å². The third-order valence-corrected chi connectivity index (χ3v) is 3.31. The highest BCUT2D eigenvalue weighted by atomic mass is 16.5. The number of aromatic nitrogens is 2. The molecule has 0 amide bonds. The van der Waals surface area contributed by atoms with E-state index in [1.54, 1.807) is 18.8 Å². The predicted octanol–water partition coefficient (Wildman–Crippen LogP) is 2.92. The Morgan fingerprint density at radius 1 is 1.40 bits per heavy atom. The Kier molecular flexibility index (Phi) is 3.79. The van der Waals surface area contributed by atoms with Crippen molar-refractivity contribution in [1.82, 2.24) is 9.78 Å². The summed E-state index contributed by atoms with van der Waals surface area (Å²) in [6.45, 7) is 4.18. The topological polar surface area (TPSA) is 64.3 Å². The van der Waals surface area contributed by atoms with Gasteiger partial charge < -0.3 is 9.84 Å². The molecule has 1 aromatic heterocycles. The summed E-state index contributed by atoms with van der Waals surface area (Å²) in [5.41, 5.74) is 2.60. The zero-order chi connectivity index (χ0) is 14.9. The van der Waals surface area contributed by atoms with E-state index in [4.69, 9.17) is 4.74 Å². The monoisotopic (exact) mass is 274 g/mol. The number of aromatic carboxylic acids is 1. The zero-order valence-electron chi connectivity index (χ0n) is 12.0. The van der Waals surface area contributed by atoms with E-state index in [1.165, 1.54) is 6.20 Å². The van der Waals surface area contributed by atoms with Gasteiger partial charge in [-0.15, -0.1) is 0 Å². The van der Waals surface area contributed by atoms with Gasteiger partial charge in [-0.3, -0.25) is 4.68 Å². The maximum atomic E-state index is 11.3. The van der Waals surface area contributed by atoms with Crippen LogP contribution in [0.15, 0.2) is 24.4 Å². The Hall–Kier alpha value is -2.30. The van der Waals surface area contributed by atoms with E-state index in [1.807, 2.05) is 18.2 Å². The lowest BCUT2D eigenvalue weighted by atomic mass is 9.97. The second-order valence-corrected chi connectivity index (χ2v) is 4.95. The van der Waals surface area contributed by atoms with Gasteiger partial charge in [0.1, 0.15) is 11.3 Å².